The van der Waals surface area contributed by atoms with Crippen molar-refractivity contribution in [1.29, 1.82) is 0 Å². The van der Waals surface area contributed by atoms with Gasteiger partial charge in [0.15, 0.2) is 0 Å². The maximum atomic E-state index is 12.8. The lowest BCUT2D eigenvalue weighted by atomic mass is 9.77. The van der Waals surface area contributed by atoms with Crippen molar-refractivity contribution < 1.29 is 24.4 Å². The number of nitro groups is 1. The third kappa shape index (κ3) is 1.69. The monoisotopic (exact) mass is 330 g/mol. The molecule has 4 rings (SSSR count). The zero-order valence-electron chi connectivity index (χ0n) is 12.7. The summed E-state index contributed by atoms with van der Waals surface area (Å²) < 4.78 is 5.64. The SMILES string of the molecule is Cc1ccc(N2C(=O)[C@H]3[C@@H](C2=O)[C@@]2(CO)C=C[C@H]3O2)cc1[N+](=O)[O-]. The number of aryl methyl sites for hydroxylation is 1. The summed E-state index contributed by atoms with van der Waals surface area (Å²) in [4.78, 5) is 37.1. The molecule has 1 aromatic carbocycles. The Labute approximate surface area is 136 Å². The molecule has 24 heavy (non-hydrogen) atoms. The number of fused-ring (bicyclic) bond motifs is 5. The molecule has 2 fully saturated rings. The standard InChI is InChI=1S/C16H14N2O6/c1-8-2-3-9(6-10(8)18(22)23)17-14(20)12-11-4-5-16(7-19,24-11)13(12)15(17)21/h2-6,11-13,19H,7H2,1H3/t11-,12-,13+,16+/m1/s1. The van der Waals surface area contributed by atoms with Gasteiger partial charge in [0.25, 0.3) is 5.69 Å². The van der Waals surface area contributed by atoms with Crippen molar-refractivity contribution >= 4 is 23.2 Å². The maximum Gasteiger partial charge on any atom is 0.274 e. The Morgan fingerprint density at radius 2 is 2.12 bits per heavy atom. The lowest BCUT2D eigenvalue weighted by Crippen LogP contribution is -2.43. The quantitative estimate of drug-likeness (QED) is 0.378. The van der Waals surface area contributed by atoms with Crippen molar-refractivity contribution in [2.24, 2.45) is 11.8 Å². The highest BCUT2D eigenvalue weighted by Gasteiger charge is 2.67. The van der Waals surface area contributed by atoms with Gasteiger partial charge in [-0.25, -0.2) is 4.90 Å². The lowest BCUT2D eigenvalue weighted by Gasteiger charge is -2.26. The second-order valence-electron chi connectivity index (χ2n) is 6.30. The molecule has 0 saturated carbocycles. The van der Waals surface area contributed by atoms with E-state index in [0.717, 1.165) is 4.90 Å². The van der Waals surface area contributed by atoms with Crippen molar-refractivity contribution in [3.05, 3.63) is 46.0 Å². The van der Waals surface area contributed by atoms with Gasteiger partial charge < -0.3 is 9.84 Å². The second-order valence-corrected chi connectivity index (χ2v) is 6.30. The molecule has 3 heterocycles. The molecule has 3 aliphatic heterocycles. The molecule has 0 spiro atoms. The number of amides is 2. The highest BCUT2D eigenvalue weighted by atomic mass is 16.6. The number of imide groups is 1. The molecule has 2 saturated heterocycles. The van der Waals surface area contributed by atoms with E-state index < -0.39 is 46.9 Å². The van der Waals surface area contributed by atoms with Gasteiger partial charge in [0.05, 0.1) is 35.2 Å². The number of anilines is 1. The van der Waals surface area contributed by atoms with Crippen molar-refractivity contribution in [1.82, 2.24) is 0 Å². The Morgan fingerprint density at radius 1 is 1.38 bits per heavy atom. The zero-order chi connectivity index (χ0) is 17.2. The van der Waals surface area contributed by atoms with Gasteiger partial charge in [0.2, 0.25) is 11.8 Å². The lowest BCUT2D eigenvalue weighted by molar-refractivity contribution is -0.385. The minimum atomic E-state index is -1.17. The average Bonchev–Trinajstić information content (AvgIpc) is 3.19. The highest BCUT2D eigenvalue weighted by molar-refractivity contribution is 6.23. The van der Waals surface area contributed by atoms with Gasteiger partial charge in [0, 0.05) is 11.6 Å². The first kappa shape index (κ1) is 15.0. The van der Waals surface area contributed by atoms with Gasteiger partial charge in [-0.3, -0.25) is 19.7 Å². The molecule has 2 bridgehead atoms. The molecule has 1 N–H and O–H groups in total. The van der Waals surface area contributed by atoms with Crippen LogP contribution in [0.15, 0.2) is 30.4 Å². The van der Waals surface area contributed by atoms with Crippen molar-refractivity contribution in [2.45, 2.75) is 18.6 Å². The van der Waals surface area contributed by atoms with Crippen molar-refractivity contribution in [2.75, 3.05) is 11.5 Å². The number of ether oxygens (including phenoxy) is 1. The number of hydrogen-bond acceptors (Lipinski definition) is 6. The van der Waals surface area contributed by atoms with Crippen LogP contribution in [0.5, 0.6) is 0 Å². The molecule has 0 unspecified atom stereocenters. The van der Waals surface area contributed by atoms with Gasteiger partial charge in [0.1, 0.15) is 5.60 Å². The summed E-state index contributed by atoms with van der Waals surface area (Å²) in [6.45, 7) is 1.19. The van der Waals surface area contributed by atoms with Crippen LogP contribution in [-0.4, -0.2) is 40.2 Å². The molecule has 8 heteroatoms. The van der Waals surface area contributed by atoms with E-state index in [0.29, 0.717) is 5.56 Å². The van der Waals surface area contributed by atoms with Crippen LogP contribution in [0.2, 0.25) is 0 Å². The van der Waals surface area contributed by atoms with E-state index in [1.807, 2.05) is 0 Å². The number of nitrogens with zero attached hydrogens (tertiary/aromatic N) is 2. The van der Waals surface area contributed by atoms with Crippen LogP contribution in [0.4, 0.5) is 11.4 Å². The van der Waals surface area contributed by atoms with Gasteiger partial charge in [-0.2, -0.15) is 0 Å². The third-order valence-electron chi connectivity index (χ3n) is 5.05. The zero-order valence-corrected chi connectivity index (χ0v) is 12.7. The Kier molecular flexibility index (Phi) is 2.94. The van der Waals surface area contributed by atoms with E-state index in [-0.39, 0.29) is 11.4 Å². The van der Waals surface area contributed by atoms with E-state index in [4.69, 9.17) is 4.74 Å². The fraction of sp³-hybridized carbons (Fsp3) is 0.375. The van der Waals surface area contributed by atoms with Crippen LogP contribution in [0.3, 0.4) is 0 Å². The summed E-state index contributed by atoms with van der Waals surface area (Å²) in [5.41, 5.74) is -0.712. The van der Waals surface area contributed by atoms with Crippen LogP contribution in [0.1, 0.15) is 5.56 Å². The summed E-state index contributed by atoms with van der Waals surface area (Å²) in [7, 11) is 0. The third-order valence-corrected chi connectivity index (χ3v) is 5.05. The smallest absolute Gasteiger partial charge is 0.274 e. The summed E-state index contributed by atoms with van der Waals surface area (Å²) in [6, 6.07) is 4.25. The Bertz CT molecular complexity index is 819. The van der Waals surface area contributed by atoms with Gasteiger partial charge in [-0.05, 0) is 13.0 Å². The molecular weight excluding hydrogens is 316 g/mol. The van der Waals surface area contributed by atoms with Crippen LogP contribution in [0.25, 0.3) is 0 Å². The Hall–Kier alpha value is -2.58. The highest BCUT2D eigenvalue weighted by Crippen LogP contribution is 2.52. The fourth-order valence-electron chi connectivity index (χ4n) is 3.87. The van der Waals surface area contributed by atoms with Crippen molar-refractivity contribution in [3.63, 3.8) is 0 Å². The molecule has 8 nitrogen and oxygen atoms in total. The minimum absolute atomic E-state index is 0.153. The first-order valence-electron chi connectivity index (χ1n) is 7.50. The number of aliphatic hydroxyl groups excluding tert-OH is 1. The van der Waals surface area contributed by atoms with Crippen LogP contribution in [0, 0.1) is 28.9 Å². The summed E-state index contributed by atoms with van der Waals surface area (Å²) in [5, 5.41) is 20.8. The van der Waals surface area contributed by atoms with E-state index >= 15 is 0 Å². The number of carbonyl (C=O) groups is 2. The first-order valence-corrected chi connectivity index (χ1v) is 7.50. The molecule has 4 atom stereocenters. The van der Waals surface area contributed by atoms with Crippen LogP contribution >= 0.6 is 0 Å². The fourth-order valence-corrected chi connectivity index (χ4v) is 3.87. The predicted molar refractivity (Wildman–Crippen MR) is 81.1 cm³/mol. The molecule has 2 amide bonds. The topological polar surface area (TPSA) is 110 Å². The average molecular weight is 330 g/mol. The normalized spacial score (nSPS) is 33.4. The Morgan fingerprint density at radius 3 is 2.79 bits per heavy atom. The largest absolute Gasteiger partial charge is 0.393 e. The first-order chi connectivity index (χ1) is 11.4. The Balaban J connectivity index is 1.77. The number of aliphatic hydroxyl groups is 1. The predicted octanol–water partition coefficient (Wildman–Crippen LogP) is 0.709. The number of hydrogen-bond donors (Lipinski definition) is 1. The van der Waals surface area contributed by atoms with E-state index in [9.17, 15) is 24.8 Å². The summed E-state index contributed by atoms with van der Waals surface area (Å²) >= 11 is 0. The van der Waals surface area contributed by atoms with Crippen LogP contribution < -0.4 is 4.90 Å². The minimum Gasteiger partial charge on any atom is -0.393 e. The van der Waals surface area contributed by atoms with E-state index in [1.54, 1.807) is 19.1 Å². The molecular formula is C16H14N2O6. The number of rotatable bonds is 3. The molecule has 3 aliphatic rings. The van der Waals surface area contributed by atoms with Crippen molar-refractivity contribution in [3.8, 4) is 0 Å². The maximum absolute atomic E-state index is 12.8. The summed E-state index contributed by atoms with van der Waals surface area (Å²) in [5.74, 6) is -2.45. The number of benzene rings is 1. The second kappa shape index (κ2) is 4.71. The molecule has 124 valence electrons. The molecule has 0 radical (unpaired) electrons. The van der Waals surface area contributed by atoms with E-state index in [1.165, 1.54) is 18.2 Å². The van der Waals surface area contributed by atoms with Gasteiger partial charge in [-0.1, -0.05) is 18.2 Å². The van der Waals surface area contributed by atoms with Crippen LogP contribution in [-0.2, 0) is 14.3 Å². The van der Waals surface area contributed by atoms with Gasteiger partial charge in [-0.15, -0.1) is 0 Å². The summed E-state index contributed by atoms with van der Waals surface area (Å²) in [6.07, 6.45) is 2.76. The molecule has 1 aromatic rings. The van der Waals surface area contributed by atoms with Gasteiger partial charge >= 0.3 is 0 Å². The van der Waals surface area contributed by atoms with E-state index in [2.05, 4.69) is 0 Å². The molecule has 0 aromatic heterocycles. The molecule has 0 aliphatic carbocycles. The number of carbonyl (C=O) groups excluding carboxylic acids is 2. The number of nitro benzene ring substituents is 1.